The smallest absolute Gasteiger partial charge is 0.191 e. The van der Waals surface area contributed by atoms with Crippen LogP contribution in [0.15, 0.2) is 39.7 Å². The largest absolute Gasteiger partial charge is 0.459 e. The molecule has 0 aliphatic heterocycles. The molecule has 2 unspecified atom stereocenters. The molecular weight excluding hydrogens is 326 g/mol. The van der Waals surface area contributed by atoms with Gasteiger partial charge in [-0.25, -0.2) is 0 Å². The third-order valence-corrected chi connectivity index (χ3v) is 4.42. The first kappa shape index (κ1) is 20.3. The zero-order chi connectivity index (χ0) is 18.9. The van der Waals surface area contributed by atoms with E-state index in [0.29, 0.717) is 18.4 Å². The van der Waals surface area contributed by atoms with E-state index in [4.69, 9.17) is 9.41 Å². The number of rotatable bonds is 9. The van der Waals surface area contributed by atoms with Gasteiger partial charge in [0.1, 0.15) is 11.3 Å². The molecule has 5 heteroatoms. The lowest BCUT2D eigenvalue weighted by Gasteiger charge is -2.19. The summed E-state index contributed by atoms with van der Waals surface area (Å²) in [5.41, 5.74) is 0.901. The molecule has 1 aromatic carbocycles. The fourth-order valence-electron chi connectivity index (χ4n) is 3.17. The number of hydrogen-bond donors (Lipinski definition) is 3. The maximum Gasteiger partial charge on any atom is 0.191 e. The maximum absolute atomic E-state index is 9.29. The Labute approximate surface area is 156 Å². The molecule has 5 nitrogen and oxygen atoms in total. The number of furan rings is 1. The molecule has 0 saturated carbocycles. The van der Waals surface area contributed by atoms with Gasteiger partial charge in [-0.1, -0.05) is 32.0 Å². The van der Waals surface area contributed by atoms with Gasteiger partial charge in [-0.05, 0) is 50.7 Å². The minimum absolute atomic E-state index is 0.0154. The second-order valence-electron chi connectivity index (χ2n) is 7.28. The molecule has 0 fully saturated rings. The Morgan fingerprint density at radius 3 is 2.65 bits per heavy atom. The second-order valence-corrected chi connectivity index (χ2v) is 7.28. The number of para-hydroxylation sites is 1. The van der Waals surface area contributed by atoms with E-state index in [0.717, 1.165) is 42.1 Å². The number of nitrogens with zero attached hydrogens (tertiary/aromatic N) is 1. The first-order valence-electron chi connectivity index (χ1n) is 9.67. The Kier molecular flexibility index (Phi) is 7.98. The van der Waals surface area contributed by atoms with Gasteiger partial charge < -0.3 is 20.2 Å². The first-order chi connectivity index (χ1) is 12.5. The number of fused-ring (bicyclic) bond motifs is 1. The van der Waals surface area contributed by atoms with E-state index < -0.39 is 0 Å². The van der Waals surface area contributed by atoms with Crippen LogP contribution in [0.4, 0.5) is 0 Å². The zero-order valence-electron chi connectivity index (χ0n) is 16.5. The highest BCUT2D eigenvalue weighted by molar-refractivity contribution is 5.81. The van der Waals surface area contributed by atoms with Crippen molar-refractivity contribution in [3.63, 3.8) is 0 Å². The lowest BCUT2D eigenvalue weighted by molar-refractivity contribution is 0.245. The van der Waals surface area contributed by atoms with Gasteiger partial charge >= 0.3 is 0 Å². The number of nitrogens with one attached hydrogen (secondary N) is 2. The molecule has 0 saturated heterocycles. The van der Waals surface area contributed by atoms with Crippen molar-refractivity contribution in [2.45, 2.75) is 46.6 Å². The Hall–Kier alpha value is -2.01. The van der Waals surface area contributed by atoms with Gasteiger partial charge in [-0.2, -0.15) is 0 Å². The summed E-state index contributed by atoms with van der Waals surface area (Å²) >= 11 is 0. The molecule has 0 amide bonds. The monoisotopic (exact) mass is 359 g/mol. The fourth-order valence-corrected chi connectivity index (χ4v) is 3.17. The van der Waals surface area contributed by atoms with Crippen molar-refractivity contribution in [1.82, 2.24) is 10.6 Å². The van der Waals surface area contributed by atoms with Crippen LogP contribution >= 0.6 is 0 Å². The highest BCUT2D eigenvalue weighted by atomic mass is 16.3. The van der Waals surface area contributed by atoms with Crippen LogP contribution in [0.2, 0.25) is 0 Å². The molecule has 2 aromatic rings. The van der Waals surface area contributed by atoms with Crippen molar-refractivity contribution in [3.8, 4) is 0 Å². The molecule has 0 radical (unpaired) electrons. The Morgan fingerprint density at radius 1 is 1.23 bits per heavy atom. The third kappa shape index (κ3) is 6.06. The number of benzene rings is 1. The van der Waals surface area contributed by atoms with Gasteiger partial charge in [0, 0.05) is 25.1 Å². The molecule has 1 aromatic heterocycles. The predicted molar refractivity (Wildman–Crippen MR) is 108 cm³/mol. The van der Waals surface area contributed by atoms with Crippen LogP contribution in [0, 0.1) is 11.8 Å². The summed E-state index contributed by atoms with van der Waals surface area (Å²) < 4.78 is 5.95. The summed E-state index contributed by atoms with van der Waals surface area (Å²) in [6.07, 6.45) is 1.86. The van der Waals surface area contributed by atoms with Crippen LogP contribution < -0.4 is 10.6 Å². The number of hydrogen-bond acceptors (Lipinski definition) is 3. The maximum atomic E-state index is 9.29. The Balaban J connectivity index is 2.05. The van der Waals surface area contributed by atoms with Crippen molar-refractivity contribution in [1.29, 1.82) is 0 Å². The van der Waals surface area contributed by atoms with Crippen molar-refractivity contribution in [2.75, 3.05) is 19.7 Å². The Morgan fingerprint density at radius 2 is 2.00 bits per heavy atom. The van der Waals surface area contributed by atoms with Gasteiger partial charge in [-0.15, -0.1) is 0 Å². The Bertz CT molecular complexity index is 660. The van der Waals surface area contributed by atoms with Gasteiger partial charge in [0.15, 0.2) is 5.96 Å². The molecule has 1 heterocycles. The normalized spacial score (nSPS) is 14.6. The molecule has 0 spiro atoms. The summed E-state index contributed by atoms with van der Waals surface area (Å²) in [7, 11) is 0. The van der Waals surface area contributed by atoms with Crippen LogP contribution in [0.5, 0.6) is 0 Å². The van der Waals surface area contributed by atoms with Crippen LogP contribution in [-0.4, -0.2) is 30.8 Å². The molecule has 0 aliphatic rings. The lowest BCUT2D eigenvalue weighted by Crippen LogP contribution is -2.39. The van der Waals surface area contributed by atoms with Crippen LogP contribution in [0.1, 0.15) is 52.3 Å². The van der Waals surface area contributed by atoms with E-state index in [9.17, 15) is 5.11 Å². The summed E-state index contributed by atoms with van der Waals surface area (Å²) in [6, 6.07) is 10.1. The quantitative estimate of drug-likeness (QED) is 0.466. The van der Waals surface area contributed by atoms with E-state index in [1.807, 2.05) is 18.2 Å². The number of guanidine groups is 1. The summed E-state index contributed by atoms with van der Waals surface area (Å²) in [6.45, 7) is 10.3. The summed E-state index contributed by atoms with van der Waals surface area (Å²) in [5, 5.41) is 17.1. The lowest BCUT2D eigenvalue weighted by atomic mass is 9.94. The van der Waals surface area contributed by atoms with E-state index in [2.05, 4.69) is 50.5 Å². The molecule has 2 rings (SSSR count). The number of aliphatic hydroxyl groups is 1. The molecule has 144 valence electrons. The van der Waals surface area contributed by atoms with E-state index >= 15 is 0 Å². The third-order valence-electron chi connectivity index (χ3n) is 4.42. The minimum atomic E-state index is 0.0154. The van der Waals surface area contributed by atoms with E-state index in [-0.39, 0.29) is 12.6 Å². The molecule has 0 aliphatic carbocycles. The molecular formula is C21H33N3O2. The van der Waals surface area contributed by atoms with Crippen molar-refractivity contribution in [3.05, 3.63) is 36.1 Å². The predicted octanol–water partition coefficient (Wildman–Crippen LogP) is 4.09. The van der Waals surface area contributed by atoms with Gasteiger partial charge in [0.05, 0.1) is 6.04 Å². The standard InChI is InChI=1S/C21H33N3O2/c1-5-22-21(23-14-17(10-11-25)12-15(2)3)24-16(4)20-13-18-8-6-7-9-19(18)26-20/h6-9,13,15-17,25H,5,10-12,14H2,1-4H3,(H2,22,23,24). The second kappa shape index (κ2) is 10.2. The van der Waals surface area contributed by atoms with Crippen molar-refractivity contribution >= 4 is 16.9 Å². The van der Waals surface area contributed by atoms with Crippen molar-refractivity contribution < 1.29 is 9.52 Å². The van der Waals surface area contributed by atoms with Gasteiger partial charge in [0.25, 0.3) is 0 Å². The van der Waals surface area contributed by atoms with Gasteiger partial charge in [0.2, 0.25) is 0 Å². The molecule has 2 atom stereocenters. The van der Waals surface area contributed by atoms with Gasteiger partial charge in [-0.3, -0.25) is 4.99 Å². The van der Waals surface area contributed by atoms with Crippen LogP contribution in [-0.2, 0) is 0 Å². The average molecular weight is 360 g/mol. The van der Waals surface area contributed by atoms with Crippen LogP contribution in [0.3, 0.4) is 0 Å². The highest BCUT2D eigenvalue weighted by Crippen LogP contribution is 2.23. The first-order valence-corrected chi connectivity index (χ1v) is 9.67. The number of aliphatic hydroxyl groups excluding tert-OH is 1. The average Bonchev–Trinajstić information content (AvgIpc) is 3.03. The van der Waals surface area contributed by atoms with Crippen molar-refractivity contribution in [2.24, 2.45) is 16.8 Å². The molecule has 3 N–H and O–H groups in total. The van der Waals surface area contributed by atoms with E-state index in [1.165, 1.54) is 0 Å². The summed E-state index contributed by atoms with van der Waals surface area (Å²) in [5.74, 6) is 2.68. The summed E-state index contributed by atoms with van der Waals surface area (Å²) in [4.78, 5) is 4.75. The molecule has 0 bridgehead atoms. The van der Waals surface area contributed by atoms with Crippen LogP contribution in [0.25, 0.3) is 11.0 Å². The topological polar surface area (TPSA) is 69.8 Å². The SMILES string of the molecule is CCNC(=NCC(CCO)CC(C)C)NC(C)c1cc2ccccc2o1. The zero-order valence-corrected chi connectivity index (χ0v) is 16.5. The minimum Gasteiger partial charge on any atom is -0.459 e. The fraction of sp³-hybridized carbons (Fsp3) is 0.571. The highest BCUT2D eigenvalue weighted by Gasteiger charge is 2.14. The number of aliphatic imine (C=N–C) groups is 1. The van der Waals surface area contributed by atoms with E-state index in [1.54, 1.807) is 0 Å². The molecule has 26 heavy (non-hydrogen) atoms.